The summed E-state index contributed by atoms with van der Waals surface area (Å²) in [6, 6.07) is 62.7. The lowest BCUT2D eigenvalue weighted by molar-refractivity contribution is -0.145. The molecule has 0 saturated heterocycles. The fourth-order valence-corrected chi connectivity index (χ4v) is 12.0. The molecule has 0 spiro atoms. The van der Waals surface area contributed by atoms with Crippen molar-refractivity contribution in [3.05, 3.63) is 310 Å². The van der Waals surface area contributed by atoms with E-state index in [1.807, 2.05) is 0 Å². The number of methoxy groups -OCH3 is 1. The van der Waals surface area contributed by atoms with Crippen LogP contribution in [0, 0.1) is 5.92 Å². The Hall–Kier alpha value is -14.9. The number of nitrogens with one attached hydrogen (secondary N) is 5. The summed E-state index contributed by atoms with van der Waals surface area (Å²) in [5.74, 6) is -12.1. The van der Waals surface area contributed by atoms with Crippen LogP contribution in [-0.4, -0.2) is 144 Å². The van der Waals surface area contributed by atoms with Crippen molar-refractivity contribution in [2.45, 2.75) is 157 Å². The Bertz CT molecular complexity index is 5310. The lowest BCUT2D eigenvalue weighted by atomic mass is 9.99. The highest BCUT2D eigenvalue weighted by Gasteiger charge is 2.50. The maximum atomic E-state index is 16.4. The average molecular weight is 1700 g/mol. The van der Waals surface area contributed by atoms with Gasteiger partial charge in [-0.1, -0.05) is 257 Å². The molecule has 0 fully saturated rings. The lowest BCUT2D eigenvalue weighted by Gasteiger charge is -2.36. The molecule has 29 nitrogen and oxygen atoms in total. The molecule has 0 aromatic heterocycles. The van der Waals surface area contributed by atoms with E-state index in [4.69, 9.17) is 28.4 Å². The predicted molar refractivity (Wildman–Crippen MR) is 465 cm³/mol. The van der Waals surface area contributed by atoms with Crippen LogP contribution in [-0.2, 0) is 98.0 Å². The third-order valence-corrected chi connectivity index (χ3v) is 18.4. The molecule has 1 atom stereocenters. The number of imide groups is 4. The van der Waals surface area contributed by atoms with Crippen molar-refractivity contribution in [1.82, 2.24) is 46.2 Å². The van der Waals surface area contributed by atoms with E-state index in [2.05, 4.69) is 26.6 Å². The summed E-state index contributed by atoms with van der Waals surface area (Å²) in [5, 5.41) is 12.8. The van der Waals surface area contributed by atoms with Gasteiger partial charge in [-0.25, -0.2) is 48.4 Å². The molecule has 0 saturated carbocycles. The van der Waals surface area contributed by atoms with Crippen LogP contribution in [0.3, 0.4) is 0 Å². The van der Waals surface area contributed by atoms with Crippen LogP contribution in [0.5, 0.6) is 0 Å². The van der Waals surface area contributed by atoms with Gasteiger partial charge in [0.1, 0.15) is 83.0 Å². The molecule has 13 amide bonds. The minimum atomic E-state index is -2.57. The minimum Gasteiger partial charge on any atom is -0.467 e. The molecule has 0 aliphatic carbocycles. The lowest BCUT2D eigenvalue weighted by Crippen LogP contribution is -2.63. The van der Waals surface area contributed by atoms with Gasteiger partial charge in [-0.2, -0.15) is 0 Å². The van der Waals surface area contributed by atoms with E-state index in [9.17, 15) is 14.4 Å². The van der Waals surface area contributed by atoms with Crippen LogP contribution < -0.4 is 26.6 Å². The van der Waals surface area contributed by atoms with E-state index in [1.165, 1.54) is 56.3 Å². The van der Waals surface area contributed by atoms with Crippen molar-refractivity contribution in [1.29, 1.82) is 0 Å². The number of rotatable bonds is 32. The highest BCUT2D eigenvalue weighted by Crippen LogP contribution is 2.30. The molecule has 5 N–H and O–H groups in total. The molecule has 0 unspecified atom stereocenters. The molecule has 8 aromatic rings. The number of ether oxygens (including phenoxy) is 6. The molecule has 0 bridgehead atoms. The quantitative estimate of drug-likeness (QED) is 0.0148. The third kappa shape index (κ3) is 27.8. The van der Waals surface area contributed by atoms with Crippen molar-refractivity contribution in [3.8, 4) is 0 Å². The fraction of sp³-hybridized carbons (Fsp3) is 0.271. The Kier molecular flexibility index (Phi) is 33.3. The van der Waals surface area contributed by atoms with Gasteiger partial charge in [0.15, 0.2) is 0 Å². The van der Waals surface area contributed by atoms with Crippen molar-refractivity contribution in [2.24, 2.45) is 5.92 Å². The van der Waals surface area contributed by atoms with Crippen molar-refractivity contribution in [2.75, 3.05) is 7.11 Å². The van der Waals surface area contributed by atoms with Crippen LogP contribution in [0.2, 0.25) is 0 Å². The largest absolute Gasteiger partial charge is 0.467 e. The van der Waals surface area contributed by atoms with Crippen LogP contribution in [0.1, 0.15) is 141 Å². The summed E-state index contributed by atoms with van der Waals surface area (Å²) in [5.41, 5.74) is -11.7. The van der Waals surface area contributed by atoms with Gasteiger partial charge in [-0.3, -0.25) is 38.4 Å². The smallest absolute Gasteiger partial charge is 0.421 e. The van der Waals surface area contributed by atoms with Gasteiger partial charge in [0.05, 0.1) is 7.11 Å². The van der Waals surface area contributed by atoms with Gasteiger partial charge in [-0.05, 0) is 157 Å². The molecule has 125 heavy (non-hydrogen) atoms. The van der Waals surface area contributed by atoms with Crippen LogP contribution in [0.25, 0.3) is 24.3 Å². The van der Waals surface area contributed by atoms with Crippen molar-refractivity contribution >= 4 is 108 Å². The Morgan fingerprint density at radius 3 is 0.744 bits per heavy atom. The molecule has 652 valence electrons. The number of nitrogens with zero attached hydrogens (tertiary/aromatic N) is 4. The number of carbonyl (C=O) groups excluding carboxylic acids is 14. The topological polar surface area (TPSA) is 367 Å². The molecule has 0 heterocycles. The van der Waals surface area contributed by atoms with Crippen LogP contribution in [0.15, 0.2) is 265 Å². The number of esters is 1. The normalized spacial score (nSPS) is 12.3. The standard InChI is InChI=1S/C96H103N9O20/c1-64(2)55-73(82(110)120-14)97-78(106)74(56-65-39-23-15-24-40-65)102(88(116)121-60-69-47-31-19-32-48-69)83(111)93(6,7)98-79(107)75(57-66-41-25-16-26-42-66)103(89(117)122-61-70-49-33-20-34-50-70)84(112)94(8,9)99-80(108)76(58-67-43-27-17-28-44-67)104(90(118)123-62-71-51-35-21-36-52-71)85(113)95(10,11)100-81(109)77(59-68-45-29-18-30-46-68)105(91(119)124-63-72-53-37-22-38-54-72)86(114)96(12,13)101-87(115)125-92(3,4)5/h15-54,56-59,64,73H,55,60-63H2,1-14H3,(H,97,106)(H,98,107)(H,99,108)(H,100,109)(H,101,115)/b74-56+,75-57+,76-58+,77-59+/t73-/m0/s1. The number of benzene rings is 8. The van der Waals surface area contributed by atoms with Crippen LogP contribution in [0.4, 0.5) is 24.0 Å². The first-order chi connectivity index (χ1) is 59.2. The second kappa shape index (κ2) is 43.5. The predicted octanol–water partition coefficient (Wildman–Crippen LogP) is 14.5. The first kappa shape index (κ1) is 95.6. The molecule has 8 rings (SSSR count). The monoisotopic (exact) mass is 1700 g/mol. The number of alkyl carbamates (subject to hydrolysis) is 1. The summed E-state index contributed by atoms with van der Waals surface area (Å²) < 4.78 is 33.9. The Labute approximate surface area is 725 Å². The second-order valence-corrected chi connectivity index (χ2v) is 32.2. The average Bonchev–Trinajstić information content (AvgIpc) is 0.780. The summed E-state index contributed by atoms with van der Waals surface area (Å²) in [6.07, 6.45) is -2.69. The van der Waals surface area contributed by atoms with Crippen molar-refractivity contribution in [3.63, 3.8) is 0 Å². The summed E-state index contributed by atoms with van der Waals surface area (Å²) in [6.45, 7) is 15.4. The Morgan fingerprint density at radius 2 is 0.528 bits per heavy atom. The summed E-state index contributed by atoms with van der Waals surface area (Å²) >= 11 is 0. The zero-order valence-electron chi connectivity index (χ0n) is 72.0. The van der Waals surface area contributed by atoms with Gasteiger partial charge < -0.3 is 55.0 Å². The molecule has 0 radical (unpaired) electrons. The SMILES string of the molecule is COC(=O)[C@H](CC(C)C)NC(=O)/C(=C\c1ccccc1)N(C(=O)OCc1ccccc1)C(=O)C(C)(C)NC(=O)/C(=C\c1ccccc1)N(C(=O)OCc1ccccc1)C(=O)C(C)(C)NC(=O)/C(=C\c1ccccc1)N(C(=O)OCc1ccccc1)C(=O)C(C)(C)NC(=O)/C(=C\c1ccccc1)N(C(=O)OCc1ccccc1)C(=O)C(C)(C)NC(=O)OC(C)(C)C. The molecule has 0 aliphatic rings. The minimum absolute atomic E-state index is 0.0258. The van der Waals surface area contributed by atoms with Gasteiger partial charge in [0.25, 0.3) is 47.3 Å². The molecule has 8 aromatic carbocycles. The van der Waals surface area contributed by atoms with E-state index >= 15 is 52.7 Å². The molecular weight excluding hydrogens is 1600 g/mol. The molecular formula is C96H103N9O20. The van der Waals surface area contributed by atoms with Gasteiger partial charge in [0, 0.05) is 0 Å². The van der Waals surface area contributed by atoms with E-state index in [0.29, 0.717) is 32.1 Å². The van der Waals surface area contributed by atoms with Crippen LogP contribution >= 0.6 is 0 Å². The molecule has 0 aliphatic heterocycles. The zero-order valence-corrected chi connectivity index (χ0v) is 72.0. The summed E-state index contributed by atoms with van der Waals surface area (Å²) in [4.78, 5) is 216. The number of hydrogen-bond donors (Lipinski definition) is 5. The third-order valence-electron chi connectivity index (χ3n) is 18.4. The summed E-state index contributed by atoms with van der Waals surface area (Å²) in [7, 11) is 1.11. The van der Waals surface area contributed by atoms with Gasteiger partial charge in [-0.15, -0.1) is 0 Å². The van der Waals surface area contributed by atoms with E-state index in [-0.39, 0.29) is 44.4 Å². The first-order valence-electron chi connectivity index (χ1n) is 39.8. The molecule has 29 heteroatoms. The van der Waals surface area contributed by atoms with Gasteiger partial charge >= 0.3 is 36.4 Å². The highest BCUT2D eigenvalue weighted by atomic mass is 16.6. The van der Waals surface area contributed by atoms with Crippen molar-refractivity contribution < 1.29 is 95.5 Å². The maximum absolute atomic E-state index is 16.4. The van der Waals surface area contributed by atoms with E-state index < -0.39 is 167 Å². The number of carbonyl (C=O) groups is 14. The Balaban J connectivity index is 1.26. The first-order valence-corrected chi connectivity index (χ1v) is 39.8. The fourth-order valence-electron chi connectivity index (χ4n) is 12.0. The van der Waals surface area contributed by atoms with E-state index in [0.717, 1.165) is 66.9 Å². The second-order valence-electron chi connectivity index (χ2n) is 32.2. The van der Waals surface area contributed by atoms with Gasteiger partial charge in [0.2, 0.25) is 0 Å². The van der Waals surface area contributed by atoms with E-state index in [1.54, 1.807) is 241 Å². The maximum Gasteiger partial charge on any atom is 0.421 e. The highest BCUT2D eigenvalue weighted by molar-refractivity contribution is 6.17. The Morgan fingerprint density at radius 1 is 0.312 bits per heavy atom. The zero-order chi connectivity index (χ0) is 91.4. The number of amides is 13. The number of hydrogen-bond acceptors (Lipinski definition) is 20.